The molecule has 0 bridgehead atoms. The summed E-state index contributed by atoms with van der Waals surface area (Å²) < 4.78 is 0. The van der Waals surface area contributed by atoms with Gasteiger partial charge in [-0.15, -0.1) is 0 Å². The third-order valence-corrected chi connectivity index (χ3v) is 15.7. The minimum absolute atomic E-state index is 0.420. The number of aromatic nitrogens is 8. The molecule has 16 aromatic rings. The van der Waals surface area contributed by atoms with Crippen molar-refractivity contribution in [2.45, 2.75) is 0 Å². The Balaban J connectivity index is 0.000000264. The molecule has 0 aliphatic carbocycles. The molecule has 112 heavy (non-hydrogen) atoms. The number of nitrogens with zero attached hydrogens (tertiary/aromatic N) is 12. The van der Waals surface area contributed by atoms with Gasteiger partial charge in [-0.25, -0.2) is 39.9 Å². The van der Waals surface area contributed by atoms with Crippen molar-refractivity contribution >= 4 is 159 Å². The highest BCUT2D eigenvalue weighted by Gasteiger charge is 2.16. The number of hydrogen-bond donors (Lipinski definition) is 16. The van der Waals surface area contributed by atoms with Crippen LogP contribution >= 0.6 is 0 Å². The number of nitrogens with one attached hydrogen (secondary N) is 8. The lowest BCUT2D eigenvalue weighted by Gasteiger charge is -2.15. The summed E-state index contributed by atoms with van der Waals surface area (Å²) in [6.07, 6.45) is 7.12. The fourth-order valence-corrected chi connectivity index (χ4v) is 11.0. The molecule has 0 unspecified atom stereocenters. The van der Waals surface area contributed by atoms with Gasteiger partial charge in [-0.1, -0.05) is 218 Å². The summed E-state index contributed by atoms with van der Waals surface area (Å²) in [6.45, 7) is 0. The lowest BCUT2D eigenvalue weighted by molar-refractivity contribution is 0.399. The Bertz CT molecular complexity index is 5010. The Morgan fingerprint density at radius 1 is 0.188 bits per heavy atom. The van der Waals surface area contributed by atoms with E-state index in [9.17, 15) is 0 Å². The zero-order chi connectivity index (χ0) is 80.2. The van der Waals surface area contributed by atoms with Crippen LogP contribution in [-0.2, 0) is 0 Å². The average Bonchev–Trinajstić information content (AvgIpc) is 0.808. The van der Waals surface area contributed by atoms with Crippen LogP contribution in [0.3, 0.4) is 0 Å². The molecule has 4 heterocycles. The second-order valence-corrected chi connectivity index (χ2v) is 21.9. The Labute approximate surface area is 646 Å². The SMILES string of the molecule is C(=N\Nc1nc2ccccc2nc1NNc1nc2ccccc2nc1N/N=C/c1cccc2ccccc12)/c1cccc2ccccc12.C(=N\Nc1nc2ccccc2nc1NNc1nc2ccccc2nc1N/N=C/c1cccc2ccccc12)/c1cccc2ccccc12.CO.CO.CO.CO.CO.CO.CO.CO. The zero-order valence-electron chi connectivity index (χ0n) is 62.7. The minimum Gasteiger partial charge on any atom is -0.400 e. The standard InChI is InChI=1S/2C38H28N10.8CH4O/c2*1-3-17-29-25(11-1)13-9-15-27(29)23-39-45-35-37(43-33-21-7-5-19-31(33)41-35)47-48-38-36(42-32-20-6-8-22-34(32)44-38)46-40-24-28-16-10-14-26-12-2-4-18-30(26)28;8*1-2/h2*1-24H,(H,41,45)(H,42,46)(H,43,47)(H,44,48);8*2H,1H3/b2*39-23+,40-24+;;;;;;;;. The number of fused-ring (bicyclic) bond motifs is 8. The number of hydrogen-bond acceptors (Lipinski definition) is 28. The first-order valence-electron chi connectivity index (χ1n) is 34.3. The lowest BCUT2D eigenvalue weighted by atomic mass is 10.1. The van der Waals surface area contributed by atoms with E-state index in [0.717, 1.165) is 144 Å². The molecule has 0 fully saturated rings. The minimum atomic E-state index is 0.420. The van der Waals surface area contributed by atoms with Crippen LogP contribution in [0.2, 0.25) is 0 Å². The van der Waals surface area contributed by atoms with E-state index >= 15 is 0 Å². The van der Waals surface area contributed by atoms with Crippen molar-refractivity contribution in [3.8, 4) is 0 Å². The van der Waals surface area contributed by atoms with Gasteiger partial charge in [-0.05, 0) is 91.6 Å². The molecule has 0 aliphatic rings. The summed E-state index contributed by atoms with van der Waals surface area (Å²) in [7, 11) is 8.00. The van der Waals surface area contributed by atoms with Crippen molar-refractivity contribution in [2.75, 3.05) is 100 Å². The van der Waals surface area contributed by atoms with E-state index in [4.69, 9.17) is 80.7 Å². The molecule has 0 amide bonds. The predicted octanol–water partition coefficient (Wildman–Crippen LogP) is 13.3. The zero-order valence-corrected chi connectivity index (χ0v) is 62.7. The molecule has 28 heteroatoms. The van der Waals surface area contributed by atoms with Crippen molar-refractivity contribution in [1.82, 2.24) is 39.9 Å². The van der Waals surface area contributed by atoms with Crippen LogP contribution in [0.15, 0.2) is 287 Å². The molecular weight excluding hydrogens is 1420 g/mol. The van der Waals surface area contributed by atoms with E-state index in [1.807, 2.05) is 194 Å². The summed E-state index contributed by atoms with van der Waals surface area (Å²) >= 11 is 0. The molecule has 572 valence electrons. The van der Waals surface area contributed by atoms with Crippen molar-refractivity contribution in [3.63, 3.8) is 0 Å². The monoisotopic (exact) mass is 1500 g/mol. The molecule has 0 saturated heterocycles. The predicted molar refractivity (Wildman–Crippen MR) is 458 cm³/mol. The Kier molecular flexibility index (Phi) is 35.5. The number of para-hydroxylation sites is 8. The molecular formula is C84H88N20O8. The first-order valence-corrected chi connectivity index (χ1v) is 34.3. The third-order valence-electron chi connectivity index (χ3n) is 15.7. The number of hydrazone groups is 4. The van der Waals surface area contributed by atoms with Crippen LogP contribution in [0.1, 0.15) is 22.3 Å². The summed E-state index contributed by atoms with van der Waals surface area (Å²) in [4.78, 5) is 38.5. The van der Waals surface area contributed by atoms with Crippen molar-refractivity contribution in [2.24, 2.45) is 20.4 Å². The van der Waals surface area contributed by atoms with Crippen molar-refractivity contribution in [3.05, 3.63) is 289 Å². The van der Waals surface area contributed by atoms with Crippen LogP contribution < -0.4 is 43.4 Å². The summed E-state index contributed by atoms with van der Waals surface area (Å²) in [5.74, 6) is 3.38. The van der Waals surface area contributed by atoms with Gasteiger partial charge in [-0.3, -0.25) is 43.4 Å². The fourth-order valence-electron chi connectivity index (χ4n) is 11.0. The summed E-state index contributed by atoms with van der Waals surface area (Å²) in [6, 6.07) is 87.9. The molecule has 0 saturated carbocycles. The Hall–Kier alpha value is -14.2. The first-order chi connectivity index (χ1) is 55.6. The third kappa shape index (κ3) is 22.5. The molecule has 4 aromatic heterocycles. The smallest absolute Gasteiger partial charge is 0.192 e. The first kappa shape index (κ1) is 85.1. The van der Waals surface area contributed by atoms with Crippen LogP contribution in [0.25, 0.3) is 87.2 Å². The van der Waals surface area contributed by atoms with E-state index in [2.05, 4.69) is 137 Å². The maximum absolute atomic E-state index is 7.00. The van der Waals surface area contributed by atoms with Gasteiger partial charge >= 0.3 is 0 Å². The summed E-state index contributed by atoms with van der Waals surface area (Å²) in [5.41, 5.74) is 34.7. The van der Waals surface area contributed by atoms with Crippen LogP contribution in [0, 0.1) is 0 Å². The van der Waals surface area contributed by atoms with Gasteiger partial charge in [0.05, 0.1) is 69.0 Å². The molecule has 12 aromatic carbocycles. The Morgan fingerprint density at radius 3 is 0.527 bits per heavy atom. The van der Waals surface area contributed by atoms with E-state index in [1.54, 1.807) is 24.9 Å². The molecule has 0 aliphatic heterocycles. The van der Waals surface area contributed by atoms with E-state index in [-0.39, 0.29) is 0 Å². The molecule has 0 atom stereocenters. The molecule has 0 radical (unpaired) electrons. The number of aliphatic hydroxyl groups is 8. The van der Waals surface area contributed by atoms with Crippen molar-refractivity contribution < 1.29 is 40.9 Å². The van der Waals surface area contributed by atoms with Gasteiger partial charge in [-0.2, -0.15) is 20.4 Å². The largest absolute Gasteiger partial charge is 0.400 e. The number of anilines is 8. The van der Waals surface area contributed by atoms with Gasteiger partial charge in [0.2, 0.25) is 0 Å². The van der Waals surface area contributed by atoms with E-state index in [1.165, 1.54) is 0 Å². The maximum Gasteiger partial charge on any atom is 0.192 e. The highest BCUT2D eigenvalue weighted by atomic mass is 16.2. The van der Waals surface area contributed by atoms with Gasteiger partial charge in [0.15, 0.2) is 46.5 Å². The Morgan fingerprint density at radius 2 is 0.339 bits per heavy atom. The van der Waals surface area contributed by atoms with E-state index < -0.39 is 0 Å². The van der Waals surface area contributed by atoms with Crippen LogP contribution in [0.5, 0.6) is 0 Å². The highest BCUT2D eigenvalue weighted by molar-refractivity contribution is 6.03. The van der Waals surface area contributed by atoms with Crippen molar-refractivity contribution in [1.29, 1.82) is 0 Å². The lowest BCUT2D eigenvalue weighted by Crippen LogP contribution is -2.16. The van der Waals surface area contributed by atoms with E-state index in [0.29, 0.717) is 68.6 Å². The van der Waals surface area contributed by atoms with Crippen LogP contribution in [0.4, 0.5) is 46.5 Å². The molecule has 28 nitrogen and oxygen atoms in total. The number of rotatable bonds is 18. The fraction of sp³-hybridized carbons (Fsp3) is 0.0952. The molecule has 16 N–H and O–H groups in total. The number of aliphatic hydroxyl groups excluding tert-OH is 8. The second kappa shape index (κ2) is 46.8. The van der Waals surface area contributed by atoms with Gasteiger partial charge in [0.25, 0.3) is 0 Å². The van der Waals surface area contributed by atoms with Gasteiger partial charge in [0.1, 0.15) is 0 Å². The summed E-state index contributed by atoms with van der Waals surface area (Å²) in [5, 5.41) is 83.1. The highest BCUT2D eigenvalue weighted by Crippen LogP contribution is 2.29. The molecule has 16 rings (SSSR count). The van der Waals surface area contributed by atoms with Crippen LogP contribution in [-0.4, -0.2) is 162 Å². The van der Waals surface area contributed by atoms with Gasteiger partial charge in [0, 0.05) is 79.1 Å². The number of benzene rings is 12. The molecule has 0 spiro atoms. The quantitative estimate of drug-likeness (QED) is 0.0280. The second-order valence-electron chi connectivity index (χ2n) is 21.9. The number of hydrazine groups is 2. The normalized spacial score (nSPS) is 10.4. The maximum atomic E-state index is 7.00. The van der Waals surface area contributed by atoms with Gasteiger partial charge < -0.3 is 40.9 Å². The average molecular weight is 1510 g/mol. The topological polar surface area (TPSA) is 411 Å².